The quantitative estimate of drug-likeness (QED) is 0.832. The number of hydrogen-bond donors (Lipinski definition) is 1. The molecule has 1 aromatic rings. The van der Waals surface area contributed by atoms with Crippen molar-refractivity contribution >= 4 is 23.3 Å². The second-order valence-electron chi connectivity index (χ2n) is 7.06. The monoisotopic (exact) mass is 365 g/mol. The Morgan fingerprint density at radius 1 is 1.15 bits per heavy atom. The van der Waals surface area contributed by atoms with Gasteiger partial charge >= 0.3 is 5.97 Å². The van der Waals surface area contributed by atoms with Crippen molar-refractivity contribution in [1.29, 1.82) is 0 Å². The van der Waals surface area contributed by atoms with Gasteiger partial charge in [-0.25, -0.2) is 8.78 Å². The van der Waals surface area contributed by atoms with Crippen LogP contribution in [0.3, 0.4) is 0 Å². The first-order valence-electron chi connectivity index (χ1n) is 8.86. The molecule has 0 radical (unpaired) electrons. The van der Waals surface area contributed by atoms with E-state index in [0.717, 1.165) is 31.4 Å². The maximum absolute atomic E-state index is 13.6. The van der Waals surface area contributed by atoms with Crippen LogP contribution in [0.5, 0.6) is 0 Å². The first-order valence-corrected chi connectivity index (χ1v) is 8.86. The van der Waals surface area contributed by atoms with Crippen LogP contribution in [0.25, 0.3) is 0 Å². The van der Waals surface area contributed by atoms with Crippen LogP contribution in [-0.2, 0) is 19.1 Å². The third-order valence-electron chi connectivity index (χ3n) is 5.25. The van der Waals surface area contributed by atoms with E-state index in [2.05, 4.69) is 5.32 Å². The number of halogens is 2. The zero-order chi connectivity index (χ0) is 18.8. The highest BCUT2D eigenvalue weighted by atomic mass is 19.1. The molecule has 2 saturated carbocycles. The van der Waals surface area contributed by atoms with Crippen molar-refractivity contribution < 1.29 is 27.9 Å². The Bertz CT molecular complexity index is 700. The summed E-state index contributed by atoms with van der Waals surface area (Å²) in [4.78, 5) is 36.6. The van der Waals surface area contributed by atoms with Crippen molar-refractivity contribution in [3.63, 3.8) is 0 Å². The molecule has 1 aromatic carbocycles. The number of rotatable bonds is 4. The Morgan fingerprint density at radius 2 is 1.73 bits per heavy atom. The van der Waals surface area contributed by atoms with Crippen molar-refractivity contribution in [3.8, 4) is 0 Å². The number of ketones is 1. The Morgan fingerprint density at radius 3 is 2.31 bits per heavy atom. The van der Waals surface area contributed by atoms with Gasteiger partial charge in [0.05, 0.1) is 5.92 Å². The molecule has 0 aromatic heterocycles. The van der Waals surface area contributed by atoms with Crippen LogP contribution in [0, 0.1) is 29.4 Å². The van der Waals surface area contributed by atoms with Gasteiger partial charge in [0.25, 0.3) is 5.91 Å². The summed E-state index contributed by atoms with van der Waals surface area (Å²) in [6.07, 6.45) is 2.28. The standard InChI is InChI=1S/C19H21F2NO4/c1-10(18(24)22-16-14(20)6-3-7-15(16)21)26-19(25)13-8-11-4-2-5-12(9-13)17(11)23/h3,6-7,10-13H,2,4-5,8-9H2,1H3,(H,22,24)/t10-,11-,12+,13?/m0/s1. The van der Waals surface area contributed by atoms with Gasteiger partial charge in [0.2, 0.25) is 0 Å². The fraction of sp³-hybridized carbons (Fsp3) is 0.526. The van der Waals surface area contributed by atoms with Crippen molar-refractivity contribution in [2.45, 2.75) is 45.1 Å². The Labute approximate surface area is 150 Å². The van der Waals surface area contributed by atoms with Crippen LogP contribution in [0.4, 0.5) is 14.5 Å². The lowest BCUT2D eigenvalue weighted by atomic mass is 9.67. The third-order valence-corrected chi connectivity index (χ3v) is 5.25. The molecule has 7 heteroatoms. The van der Waals surface area contributed by atoms with E-state index >= 15 is 0 Å². The molecule has 3 rings (SSSR count). The van der Waals surface area contributed by atoms with E-state index < -0.39 is 41.2 Å². The lowest BCUT2D eigenvalue weighted by Gasteiger charge is -2.36. The average Bonchev–Trinajstić information content (AvgIpc) is 2.57. The third kappa shape index (κ3) is 3.76. The zero-order valence-electron chi connectivity index (χ0n) is 14.5. The summed E-state index contributed by atoms with van der Waals surface area (Å²) in [5.41, 5.74) is -0.571. The SMILES string of the molecule is C[C@H](OC(=O)C1C[C@H]2CCC[C@@H](C1)C2=O)C(=O)Nc1c(F)cccc1F. The number of Topliss-reactive ketones (excluding diaryl/α,β-unsaturated/α-hetero) is 1. The molecule has 2 fully saturated rings. The summed E-state index contributed by atoms with van der Waals surface area (Å²) in [6, 6.07) is 3.23. The molecule has 26 heavy (non-hydrogen) atoms. The predicted molar refractivity (Wildman–Crippen MR) is 89.1 cm³/mol. The second kappa shape index (κ2) is 7.51. The minimum absolute atomic E-state index is 0.100. The number of hydrogen-bond acceptors (Lipinski definition) is 4. The van der Waals surface area contributed by atoms with E-state index in [1.165, 1.54) is 13.0 Å². The fourth-order valence-electron chi connectivity index (χ4n) is 3.84. The molecule has 5 nitrogen and oxygen atoms in total. The van der Waals surface area contributed by atoms with Crippen LogP contribution in [0.2, 0.25) is 0 Å². The summed E-state index contributed by atoms with van der Waals surface area (Å²) in [6.45, 7) is 1.35. The van der Waals surface area contributed by atoms with E-state index in [0.29, 0.717) is 12.8 Å². The molecule has 0 heterocycles. The maximum Gasteiger partial charge on any atom is 0.309 e. The lowest BCUT2D eigenvalue weighted by molar-refractivity contribution is -0.161. The summed E-state index contributed by atoms with van der Waals surface area (Å²) >= 11 is 0. The molecular weight excluding hydrogens is 344 g/mol. The van der Waals surface area contributed by atoms with E-state index in [1.54, 1.807) is 0 Å². The van der Waals surface area contributed by atoms with Gasteiger partial charge in [0.1, 0.15) is 23.1 Å². The van der Waals surface area contributed by atoms with E-state index in [1.807, 2.05) is 0 Å². The molecule has 2 aliphatic rings. The molecule has 0 saturated heterocycles. The van der Waals surface area contributed by atoms with Crippen LogP contribution in [0.15, 0.2) is 18.2 Å². The minimum Gasteiger partial charge on any atom is -0.452 e. The van der Waals surface area contributed by atoms with Crippen LogP contribution < -0.4 is 5.32 Å². The predicted octanol–water partition coefficient (Wildman–Crippen LogP) is 3.23. The number of fused-ring (bicyclic) bond motifs is 2. The molecule has 0 aliphatic heterocycles. The van der Waals surface area contributed by atoms with E-state index in [-0.39, 0.29) is 17.6 Å². The van der Waals surface area contributed by atoms with Crippen LogP contribution in [-0.4, -0.2) is 23.8 Å². The largest absolute Gasteiger partial charge is 0.452 e. The van der Waals surface area contributed by atoms with Crippen LogP contribution in [0.1, 0.15) is 39.0 Å². The van der Waals surface area contributed by atoms with E-state index in [9.17, 15) is 23.2 Å². The van der Waals surface area contributed by atoms with Crippen LogP contribution >= 0.6 is 0 Å². The second-order valence-corrected chi connectivity index (χ2v) is 7.06. The van der Waals surface area contributed by atoms with Gasteiger partial charge in [0.15, 0.2) is 6.10 Å². The first kappa shape index (κ1) is 18.5. The number of nitrogens with one attached hydrogen (secondary N) is 1. The highest BCUT2D eigenvalue weighted by Gasteiger charge is 2.42. The summed E-state index contributed by atoms with van der Waals surface area (Å²) in [7, 11) is 0. The lowest BCUT2D eigenvalue weighted by Crippen LogP contribution is -2.41. The normalized spacial score (nSPS) is 26.1. The number of ether oxygens (including phenoxy) is 1. The van der Waals surface area contributed by atoms with Crippen molar-refractivity contribution in [2.75, 3.05) is 5.32 Å². The topological polar surface area (TPSA) is 72.5 Å². The average molecular weight is 365 g/mol. The molecule has 140 valence electrons. The number of anilines is 1. The molecule has 1 amide bonds. The smallest absolute Gasteiger partial charge is 0.309 e. The molecule has 0 spiro atoms. The summed E-state index contributed by atoms with van der Waals surface area (Å²) in [5, 5.41) is 2.11. The van der Waals surface area contributed by atoms with Gasteiger partial charge in [-0.15, -0.1) is 0 Å². The number of para-hydroxylation sites is 1. The maximum atomic E-state index is 13.6. The Balaban J connectivity index is 1.59. The highest BCUT2D eigenvalue weighted by molar-refractivity contribution is 5.95. The summed E-state index contributed by atoms with van der Waals surface area (Å²) in [5.74, 6) is -3.54. The number of amides is 1. The summed E-state index contributed by atoms with van der Waals surface area (Å²) < 4.78 is 32.4. The molecule has 2 bridgehead atoms. The van der Waals surface area contributed by atoms with Crippen molar-refractivity contribution in [1.82, 2.24) is 0 Å². The van der Waals surface area contributed by atoms with Gasteiger partial charge in [-0.3, -0.25) is 14.4 Å². The van der Waals surface area contributed by atoms with Gasteiger partial charge < -0.3 is 10.1 Å². The molecular formula is C19H21F2NO4. The number of carbonyl (C=O) groups excluding carboxylic acids is 3. The molecule has 4 atom stereocenters. The highest BCUT2D eigenvalue weighted by Crippen LogP contribution is 2.40. The first-order chi connectivity index (χ1) is 12.4. The van der Waals surface area contributed by atoms with Gasteiger partial charge in [0, 0.05) is 11.8 Å². The van der Waals surface area contributed by atoms with Crippen molar-refractivity contribution in [3.05, 3.63) is 29.8 Å². The Kier molecular flexibility index (Phi) is 5.34. The van der Waals surface area contributed by atoms with Gasteiger partial charge in [-0.2, -0.15) is 0 Å². The van der Waals surface area contributed by atoms with Gasteiger partial charge in [-0.1, -0.05) is 12.5 Å². The molecule has 2 aliphatic carbocycles. The molecule has 1 unspecified atom stereocenters. The minimum atomic E-state index is -1.20. The van der Waals surface area contributed by atoms with Crippen molar-refractivity contribution in [2.24, 2.45) is 17.8 Å². The van der Waals surface area contributed by atoms with Gasteiger partial charge in [-0.05, 0) is 44.7 Å². The number of esters is 1. The number of carbonyl (C=O) groups is 3. The fourth-order valence-corrected chi connectivity index (χ4v) is 3.84. The number of benzene rings is 1. The zero-order valence-corrected chi connectivity index (χ0v) is 14.5. The molecule has 1 N–H and O–H groups in total. The Hall–Kier alpha value is -2.31. The van der Waals surface area contributed by atoms with E-state index in [4.69, 9.17) is 4.74 Å².